The van der Waals surface area contributed by atoms with Crippen molar-refractivity contribution in [2.75, 3.05) is 7.11 Å². The minimum Gasteiger partial charge on any atom is -0.497 e. The van der Waals surface area contributed by atoms with E-state index in [0.717, 1.165) is 22.4 Å². The summed E-state index contributed by atoms with van der Waals surface area (Å²) in [5, 5.41) is 2.78. The van der Waals surface area contributed by atoms with Gasteiger partial charge in [0.05, 0.1) is 13.2 Å². The maximum atomic E-state index is 12.8. The molecule has 0 spiro atoms. The van der Waals surface area contributed by atoms with Crippen molar-refractivity contribution in [2.24, 2.45) is 5.92 Å². The molecule has 146 valence electrons. The number of hydrogen-bond donors (Lipinski definition) is 1. The summed E-state index contributed by atoms with van der Waals surface area (Å²) < 4.78 is 44.4. The number of carbonyl (C=O) groups excluding carboxylic acids is 1. The topological polar surface area (TPSA) is 60.3 Å². The number of nitrogens with zero attached hydrogens (tertiary/aromatic N) is 1. The molecule has 5 nitrogen and oxygen atoms in total. The highest BCUT2D eigenvalue weighted by Crippen LogP contribution is 2.26. The molecule has 0 saturated heterocycles. The zero-order chi connectivity index (χ0) is 20.2. The molecule has 1 heterocycles. The van der Waals surface area contributed by atoms with Crippen LogP contribution in [0, 0.1) is 5.92 Å². The Morgan fingerprint density at radius 1 is 1.19 bits per heavy atom. The third-order valence-corrected chi connectivity index (χ3v) is 4.10. The van der Waals surface area contributed by atoms with E-state index in [1.54, 1.807) is 31.4 Å². The zero-order valence-electron chi connectivity index (χ0n) is 15.2. The third-order valence-electron chi connectivity index (χ3n) is 4.10. The van der Waals surface area contributed by atoms with E-state index in [1.165, 1.54) is 0 Å². The summed E-state index contributed by atoms with van der Waals surface area (Å²) in [5.41, 5.74) is -1.71. The molecule has 0 radical (unpaired) electrons. The standard InChI is InChI=1S/C19H21F3N2O3/c1-12(2)17(13-6-8-14(27-3)9-7-13)23-16(25)11-24-10-4-5-15(18(24)26)19(20,21)22/h4-10,12,17H,11H2,1-3H3,(H,23,25). The van der Waals surface area contributed by atoms with Gasteiger partial charge in [-0.3, -0.25) is 9.59 Å². The molecule has 1 aromatic carbocycles. The van der Waals surface area contributed by atoms with Gasteiger partial charge >= 0.3 is 6.18 Å². The lowest BCUT2D eigenvalue weighted by Gasteiger charge is -2.23. The van der Waals surface area contributed by atoms with Gasteiger partial charge < -0.3 is 14.6 Å². The second-order valence-electron chi connectivity index (χ2n) is 6.42. The van der Waals surface area contributed by atoms with Crippen LogP contribution in [0.4, 0.5) is 13.2 Å². The van der Waals surface area contributed by atoms with Crippen LogP contribution < -0.4 is 15.6 Å². The van der Waals surface area contributed by atoms with Gasteiger partial charge in [0, 0.05) is 6.20 Å². The smallest absolute Gasteiger partial charge is 0.421 e. The Balaban J connectivity index is 2.18. The van der Waals surface area contributed by atoms with Gasteiger partial charge in [0.2, 0.25) is 5.91 Å². The van der Waals surface area contributed by atoms with Gasteiger partial charge in [0.25, 0.3) is 5.56 Å². The lowest BCUT2D eigenvalue weighted by atomic mass is 9.96. The van der Waals surface area contributed by atoms with Crippen LogP contribution in [0.5, 0.6) is 5.75 Å². The first-order valence-electron chi connectivity index (χ1n) is 8.33. The molecule has 1 atom stereocenters. The first-order valence-corrected chi connectivity index (χ1v) is 8.33. The predicted molar refractivity (Wildman–Crippen MR) is 94.4 cm³/mol. The molecular weight excluding hydrogens is 361 g/mol. The fourth-order valence-electron chi connectivity index (χ4n) is 2.70. The van der Waals surface area contributed by atoms with E-state index >= 15 is 0 Å². The molecule has 1 amide bonds. The van der Waals surface area contributed by atoms with Gasteiger partial charge in [-0.1, -0.05) is 26.0 Å². The summed E-state index contributed by atoms with van der Waals surface area (Å²) >= 11 is 0. The predicted octanol–water partition coefficient (Wildman–Crippen LogP) is 3.39. The quantitative estimate of drug-likeness (QED) is 0.833. The first kappa shape index (κ1) is 20.5. The minimum atomic E-state index is -4.76. The Hall–Kier alpha value is -2.77. The van der Waals surface area contributed by atoms with Crippen molar-refractivity contribution >= 4 is 5.91 Å². The molecule has 1 aromatic heterocycles. The number of rotatable bonds is 6. The number of pyridine rings is 1. The molecule has 0 aliphatic carbocycles. The van der Waals surface area contributed by atoms with Crippen molar-refractivity contribution < 1.29 is 22.7 Å². The summed E-state index contributed by atoms with van der Waals surface area (Å²) in [7, 11) is 1.55. The van der Waals surface area contributed by atoms with E-state index < -0.39 is 29.8 Å². The van der Waals surface area contributed by atoms with E-state index in [0.29, 0.717) is 11.8 Å². The molecular formula is C19H21F3N2O3. The molecule has 0 fully saturated rings. The van der Waals surface area contributed by atoms with Gasteiger partial charge in [-0.05, 0) is 35.7 Å². The van der Waals surface area contributed by atoms with Crippen molar-refractivity contribution in [1.29, 1.82) is 0 Å². The normalized spacial score (nSPS) is 12.7. The highest BCUT2D eigenvalue weighted by molar-refractivity contribution is 5.76. The summed E-state index contributed by atoms with van der Waals surface area (Å²) in [4.78, 5) is 24.3. The number of aromatic nitrogens is 1. The minimum absolute atomic E-state index is 0.0283. The van der Waals surface area contributed by atoms with Gasteiger partial charge in [0.1, 0.15) is 17.9 Å². The van der Waals surface area contributed by atoms with Crippen LogP contribution in [0.2, 0.25) is 0 Å². The number of benzene rings is 1. The van der Waals surface area contributed by atoms with Crippen LogP contribution in [0.1, 0.15) is 31.0 Å². The van der Waals surface area contributed by atoms with Gasteiger partial charge in [-0.15, -0.1) is 0 Å². The lowest BCUT2D eigenvalue weighted by molar-refractivity contribution is -0.139. The fourth-order valence-corrected chi connectivity index (χ4v) is 2.70. The van der Waals surface area contributed by atoms with Crippen molar-refractivity contribution in [3.63, 3.8) is 0 Å². The summed E-state index contributed by atoms with van der Waals surface area (Å²) in [6, 6.07) is 8.57. The number of halogens is 3. The van der Waals surface area contributed by atoms with Crippen LogP contribution in [0.15, 0.2) is 47.4 Å². The summed E-state index contributed by atoms with van der Waals surface area (Å²) in [6.07, 6.45) is -3.60. The maximum absolute atomic E-state index is 12.8. The highest BCUT2D eigenvalue weighted by atomic mass is 19.4. The number of carbonyl (C=O) groups is 1. The van der Waals surface area contributed by atoms with E-state index in [2.05, 4.69) is 5.32 Å². The molecule has 2 aromatic rings. The number of hydrogen-bond acceptors (Lipinski definition) is 3. The molecule has 1 unspecified atom stereocenters. The molecule has 0 aliphatic heterocycles. The Labute approximate surface area is 154 Å². The van der Waals surface area contributed by atoms with E-state index in [9.17, 15) is 22.8 Å². The second-order valence-corrected chi connectivity index (χ2v) is 6.42. The Bertz CT molecular complexity index is 843. The number of amides is 1. The Kier molecular flexibility index (Phi) is 6.30. The maximum Gasteiger partial charge on any atom is 0.421 e. The number of nitrogens with one attached hydrogen (secondary N) is 1. The van der Waals surface area contributed by atoms with Crippen molar-refractivity contribution in [1.82, 2.24) is 9.88 Å². The van der Waals surface area contributed by atoms with E-state index in [-0.39, 0.29) is 12.0 Å². The van der Waals surface area contributed by atoms with Crippen LogP contribution >= 0.6 is 0 Å². The second kappa shape index (κ2) is 8.28. The Morgan fingerprint density at radius 3 is 2.33 bits per heavy atom. The highest BCUT2D eigenvalue weighted by Gasteiger charge is 2.34. The summed E-state index contributed by atoms with van der Waals surface area (Å²) in [6.45, 7) is 3.32. The average Bonchev–Trinajstić information content (AvgIpc) is 2.60. The summed E-state index contributed by atoms with van der Waals surface area (Å²) in [5.74, 6) is 0.148. The Morgan fingerprint density at radius 2 is 1.81 bits per heavy atom. The van der Waals surface area contributed by atoms with Gasteiger partial charge in [-0.2, -0.15) is 13.2 Å². The molecule has 1 N–H and O–H groups in total. The fraction of sp³-hybridized carbons (Fsp3) is 0.368. The lowest BCUT2D eigenvalue weighted by Crippen LogP contribution is -2.37. The van der Waals surface area contributed by atoms with Gasteiger partial charge in [-0.25, -0.2) is 0 Å². The molecule has 2 rings (SSSR count). The number of ether oxygens (including phenoxy) is 1. The molecule has 0 bridgehead atoms. The van der Waals surface area contributed by atoms with Crippen LogP contribution in [-0.2, 0) is 17.5 Å². The SMILES string of the molecule is COc1ccc(C(NC(=O)Cn2cccc(C(F)(F)F)c2=O)C(C)C)cc1. The number of methoxy groups -OCH3 is 1. The van der Waals surface area contributed by atoms with Gasteiger partial charge in [0.15, 0.2) is 0 Å². The monoisotopic (exact) mass is 382 g/mol. The van der Waals surface area contributed by atoms with E-state index in [1.807, 2.05) is 13.8 Å². The van der Waals surface area contributed by atoms with Crippen molar-refractivity contribution in [2.45, 2.75) is 32.6 Å². The van der Waals surface area contributed by atoms with Crippen molar-refractivity contribution in [3.05, 3.63) is 64.1 Å². The third kappa shape index (κ3) is 5.12. The molecule has 0 saturated carbocycles. The molecule has 27 heavy (non-hydrogen) atoms. The average molecular weight is 382 g/mol. The number of alkyl halides is 3. The van der Waals surface area contributed by atoms with Crippen molar-refractivity contribution in [3.8, 4) is 5.75 Å². The molecule has 8 heteroatoms. The van der Waals surface area contributed by atoms with Crippen LogP contribution in [-0.4, -0.2) is 17.6 Å². The van der Waals surface area contributed by atoms with Crippen LogP contribution in [0.3, 0.4) is 0 Å². The van der Waals surface area contributed by atoms with E-state index in [4.69, 9.17) is 4.74 Å². The zero-order valence-corrected chi connectivity index (χ0v) is 15.2. The largest absolute Gasteiger partial charge is 0.497 e. The van der Waals surface area contributed by atoms with Crippen LogP contribution in [0.25, 0.3) is 0 Å². The molecule has 0 aliphatic rings. The first-order chi connectivity index (χ1) is 12.6.